The molecule has 5 nitrogen and oxygen atoms in total. The SMILES string of the molecule is COCCCNC(=S)Nc1ccc(Nc2ccc(C)cc2)nc1. The Morgan fingerprint density at radius 3 is 2.52 bits per heavy atom. The predicted octanol–water partition coefficient (Wildman–Crippen LogP) is 3.46. The van der Waals surface area contributed by atoms with E-state index >= 15 is 0 Å². The monoisotopic (exact) mass is 330 g/mol. The van der Waals surface area contributed by atoms with Crippen LogP contribution in [0.1, 0.15) is 12.0 Å². The van der Waals surface area contributed by atoms with Crippen molar-refractivity contribution in [1.82, 2.24) is 10.3 Å². The fourth-order valence-electron chi connectivity index (χ4n) is 1.92. The summed E-state index contributed by atoms with van der Waals surface area (Å²) in [6.07, 6.45) is 2.66. The van der Waals surface area contributed by atoms with E-state index in [0.29, 0.717) is 5.11 Å². The van der Waals surface area contributed by atoms with Gasteiger partial charge in [0.05, 0.1) is 11.9 Å². The van der Waals surface area contributed by atoms with E-state index in [1.54, 1.807) is 13.3 Å². The minimum atomic E-state index is 0.585. The number of aromatic nitrogens is 1. The molecule has 0 bridgehead atoms. The number of pyridine rings is 1. The van der Waals surface area contributed by atoms with Gasteiger partial charge in [-0.2, -0.15) is 0 Å². The van der Waals surface area contributed by atoms with Crippen molar-refractivity contribution in [2.45, 2.75) is 13.3 Å². The van der Waals surface area contributed by atoms with Crippen LogP contribution in [0.15, 0.2) is 42.6 Å². The molecule has 23 heavy (non-hydrogen) atoms. The van der Waals surface area contributed by atoms with E-state index in [2.05, 4.69) is 40.0 Å². The van der Waals surface area contributed by atoms with Gasteiger partial charge in [-0.25, -0.2) is 4.98 Å². The van der Waals surface area contributed by atoms with E-state index in [1.807, 2.05) is 24.3 Å². The standard InChI is InChI=1S/C17H22N4OS/c1-13-4-6-14(7-5-13)20-16-9-8-15(12-19-16)21-17(23)18-10-3-11-22-2/h4-9,12H,3,10-11H2,1-2H3,(H,19,20)(H2,18,21,23). The van der Waals surface area contributed by atoms with Crippen LogP contribution in [0.4, 0.5) is 17.2 Å². The molecule has 3 N–H and O–H groups in total. The maximum Gasteiger partial charge on any atom is 0.170 e. The van der Waals surface area contributed by atoms with Crippen LogP contribution in [0.5, 0.6) is 0 Å². The summed E-state index contributed by atoms with van der Waals surface area (Å²) in [6.45, 7) is 3.56. The maximum atomic E-state index is 5.23. The summed E-state index contributed by atoms with van der Waals surface area (Å²) >= 11 is 5.23. The molecule has 2 rings (SSSR count). The van der Waals surface area contributed by atoms with Crippen molar-refractivity contribution in [3.05, 3.63) is 48.2 Å². The van der Waals surface area contributed by atoms with Gasteiger partial charge in [0.1, 0.15) is 5.82 Å². The molecule has 1 aromatic heterocycles. The van der Waals surface area contributed by atoms with Gasteiger partial charge in [0, 0.05) is 25.9 Å². The summed E-state index contributed by atoms with van der Waals surface area (Å²) in [6, 6.07) is 12.0. The van der Waals surface area contributed by atoms with Crippen LogP contribution in [-0.2, 0) is 4.74 Å². The minimum absolute atomic E-state index is 0.585. The zero-order valence-corrected chi connectivity index (χ0v) is 14.2. The van der Waals surface area contributed by atoms with E-state index in [0.717, 1.165) is 36.8 Å². The Morgan fingerprint density at radius 2 is 1.87 bits per heavy atom. The molecule has 2 aromatic rings. The summed E-state index contributed by atoms with van der Waals surface area (Å²) < 4.78 is 4.99. The van der Waals surface area contributed by atoms with Gasteiger partial charge in [0.2, 0.25) is 0 Å². The Morgan fingerprint density at radius 1 is 1.13 bits per heavy atom. The molecule has 0 radical (unpaired) electrons. The van der Waals surface area contributed by atoms with Crippen LogP contribution in [0.25, 0.3) is 0 Å². The predicted molar refractivity (Wildman–Crippen MR) is 99.4 cm³/mol. The number of rotatable bonds is 7. The van der Waals surface area contributed by atoms with Crippen LogP contribution >= 0.6 is 12.2 Å². The van der Waals surface area contributed by atoms with Gasteiger partial charge in [-0.3, -0.25) is 0 Å². The van der Waals surface area contributed by atoms with Gasteiger partial charge in [-0.05, 0) is 49.8 Å². The van der Waals surface area contributed by atoms with Crippen LogP contribution in [0.3, 0.4) is 0 Å². The third kappa shape index (κ3) is 6.22. The molecule has 0 aliphatic carbocycles. The molecule has 0 saturated heterocycles. The first-order chi connectivity index (χ1) is 11.2. The molecule has 0 atom stereocenters. The molecule has 6 heteroatoms. The molecular formula is C17H22N4OS. The highest BCUT2D eigenvalue weighted by Crippen LogP contribution is 2.16. The second kappa shape index (κ2) is 9.07. The molecular weight excluding hydrogens is 308 g/mol. The van der Waals surface area contributed by atoms with Crippen molar-refractivity contribution >= 4 is 34.5 Å². The van der Waals surface area contributed by atoms with Crippen molar-refractivity contribution in [3.8, 4) is 0 Å². The fourth-order valence-corrected chi connectivity index (χ4v) is 2.14. The summed E-state index contributed by atoms with van der Waals surface area (Å²) in [5, 5.41) is 10.1. The third-order valence-electron chi connectivity index (χ3n) is 3.16. The number of methoxy groups -OCH3 is 1. The maximum absolute atomic E-state index is 5.23. The molecule has 1 heterocycles. The summed E-state index contributed by atoms with van der Waals surface area (Å²) in [5.41, 5.74) is 3.09. The summed E-state index contributed by atoms with van der Waals surface area (Å²) in [5.74, 6) is 0.790. The number of aryl methyl sites for hydroxylation is 1. The number of thiocarbonyl (C=S) groups is 1. The van der Waals surface area contributed by atoms with Crippen LogP contribution in [0, 0.1) is 6.92 Å². The van der Waals surface area contributed by atoms with Crippen LogP contribution < -0.4 is 16.0 Å². The average molecular weight is 330 g/mol. The third-order valence-corrected chi connectivity index (χ3v) is 3.40. The Labute approximate surface area is 142 Å². The highest BCUT2D eigenvalue weighted by molar-refractivity contribution is 7.80. The Kier molecular flexibility index (Phi) is 6.77. The van der Waals surface area contributed by atoms with E-state index in [9.17, 15) is 0 Å². The Hall–Kier alpha value is -2.18. The Bertz CT molecular complexity index is 613. The fraction of sp³-hybridized carbons (Fsp3) is 0.294. The highest BCUT2D eigenvalue weighted by Gasteiger charge is 2.00. The van der Waals surface area contributed by atoms with E-state index < -0.39 is 0 Å². The van der Waals surface area contributed by atoms with Gasteiger partial charge in [-0.15, -0.1) is 0 Å². The van der Waals surface area contributed by atoms with Crippen LogP contribution in [-0.4, -0.2) is 30.4 Å². The molecule has 0 aliphatic heterocycles. The van der Waals surface area contributed by atoms with E-state index in [-0.39, 0.29) is 0 Å². The van der Waals surface area contributed by atoms with E-state index in [1.165, 1.54) is 5.56 Å². The molecule has 0 fully saturated rings. The highest BCUT2D eigenvalue weighted by atomic mass is 32.1. The van der Waals surface area contributed by atoms with Gasteiger partial charge >= 0.3 is 0 Å². The number of anilines is 3. The second-order valence-corrected chi connectivity index (χ2v) is 5.56. The lowest BCUT2D eigenvalue weighted by Crippen LogP contribution is -2.29. The number of nitrogens with zero attached hydrogens (tertiary/aromatic N) is 1. The lowest BCUT2D eigenvalue weighted by Gasteiger charge is -2.11. The first kappa shape index (κ1) is 17.2. The van der Waals surface area contributed by atoms with Gasteiger partial charge in [0.25, 0.3) is 0 Å². The number of hydrogen-bond acceptors (Lipinski definition) is 4. The quantitative estimate of drug-likeness (QED) is 0.534. The number of hydrogen-bond donors (Lipinski definition) is 3. The summed E-state index contributed by atoms with van der Waals surface area (Å²) in [7, 11) is 1.69. The molecule has 0 unspecified atom stereocenters. The first-order valence-electron chi connectivity index (χ1n) is 7.51. The zero-order chi connectivity index (χ0) is 16.5. The molecule has 0 amide bonds. The Balaban J connectivity index is 1.82. The summed E-state index contributed by atoms with van der Waals surface area (Å²) in [4.78, 5) is 4.38. The lowest BCUT2D eigenvalue weighted by atomic mass is 10.2. The van der Waals surface area contributed by atoms with Gasteiger partial charge in [-0.1, -0.05) is 17.7 Å². The topological polar surface area (TPSA) is 58.2 Å². The smallest absolute Gasteiger partial charge is 0.170 e. The van der Waals surface area contributed by atoms with Crippen molar-refractivity contribution in [1.29, 1.82) is 0 Å². The molecule has 0 spiro atoms. The van der Waals surface area contributed by atoms with Crippen molar-refractivity contribution < 1.29 is 4.74 Å². The molecule has 0 saturated carbocycles. The normalized spacial score (nSPS) is 10.2. The largest absolute Gasteiger partial charge is 0.385 e. The van der Waals surface area contributed by atoms with Gasteiger partial charge < -0.3 is 20.7 Å². The average Bonchev–Trinajstić information content (AvgIpc) is 2.56. The number of ether oxygens (including phenoxy) is 1. The van der Waals surface area contributed by atoms with Crippen molar-refractivity contribution in [3.63, 3.8) is 0 Å². The second-order valence-electron chi connectivity index (χ2n) is 5.15. The lowest BCUT2D eigenvalue weighted by molar-refractivity contribution is 0.196. The van der Waals surface area contributed by atoms with Crippen molar-refractivity contribution in [2.24, 2.45) is 0 Å². The molecule has 1 aromatic carbocycles. The zero-order valence-electron chi connectivity index (χ0n) is 13.4. The number of benzene rings is 1. The van der Waals surface area contributed by atoms with E-state index in [4.69, 9.17) is 17.0 Å². The van der Waals surface area contributed by atoms with Crippen molar-refractivity contribution in [2.75, 3.05) is 30.9 Å². The number of nitrogens with one attached hydrogen (secondary N) is 3. The molecule has 122 valence electrons. The van der Waals surface area contributed by atoms with Crippen LogP contribution in [0.2, 0.25) is 0 Å². The van der Waals surface area contributed by atoms with Gasteiger partial charge in [0.15, 0.2) is 5.11 Å². The minimum Gasteiger partial charge on any atom is -0.385 e. The molecule has 0 aliphatic rings. The first-order valence-corrected chi connectivity index (χ1v) is 7.92.